The van der Waals surface area contributed by atoms with Gasteiger partial charge in [-0.15, -0.1) is 53.6 Å². The molecule has 4 heteroatoms. The minimum absolute atomic E-state index is 0. The van der Waals surface area contributed by atoms with Gasteiger partial charge in [0.15, 0.2) is 0 Å². The topological polar surface area (TPSA) is 38.9 Å². The van der Waals surface area contributed by atoms with Crippen molar-refractivity contribution in [2.75, 3.05) is 0 Å². The maximum Gasteiger partial charge on any atom is 0.120 e. The molecule has 0 N–H and O–H groups in total. The van der Waals surface area contributed by atoms with E-state index in [1.165, 1.54) is 18.4 Å². The number of hydrogen-bond acceptors (Lipinski definition) is 3. The number of aromatic nitrogens is 2. The summed E-state index contributed by atoms with van der Waals surface area (Å²) < 4.78 is 37.1. The van der Waals surface area contributed by atoms with Crippen LogP contribution in [0.5, 0.6) is 0 Å². The predicted molar refractivity (Wildman–Crippen MR) is 136 cm³/mol. The van der Waals surface area contributed by atoms with E-state index in [4.69, 9.17) is 9.90 Å². The zero-order valence-electron chi connectivity index (χ0n) is 22.6. The van der Waals surface area contributed by atoms with Gasteiger partial charge in [0, 0.05) is 37.9 Å². The zero-order valence-corrected chi connectivity index (χ0v) is 21.0. The van der Waals surface area contributed by atoms with Crippen LogP contribution in [0.4, 0.5) is 0 Å². The molecule has 7 rings (SSSR count). The van der Waals surface area contributed by atoms with Crippen molar-refractivity contribution in [2.24, 2.45) is 0 Å². The average molecular weight is 635 g/mol. The van der Waals surface area contributed by atoms with Crippen molar-refractivity contribution in [2.45, 2.75) is 18.8 Å². The van der Waals surface area contributed by atoms with Crippen LogP contribution in [0.15, 0.2) is 108 Å². The van der Waals surface area contributed by atoms with Crippen LogP contribution < -0.4 is 0 Å². The average Bonchev–Trinajstić information content (AvgIpc) is 3.75. The largest absolute Gasteiger partial charge is 0.501 e. The molecular formula is C31H22IrN2O-2. The molecule has 1 aliphatic rings. The normalized spacial score (nSPS) is 14.2. The molecule has 173 valence electrons. The van der Waals surface area contributed by atoms with E-state index in [0.29, 0.717) is 16.7 Å². The van der Waals surface area contributed by atoms with E-state index in [2.05, 4.69) is 40.3 Å². The van der Waals surface area contributed by atoms with E-state index in [1.54, 1.807) is 6.07 Å². The van der Waals surface area contributed by atoms with Gasteiger partial charge in [-0.2, -0.15) is 0 Å². The third-order valence-electron chi connectivity index (χ3n) is 5.87. The first kappa shape index (κ1) is 18.7. The number of pyridine rings is 2. The first-order valence-electron chi connectivity index (χ1n) is 13.2. The fourth-order valence-electron chi connectivity index (χ4n) is 4.00. The van der Waals surface area contributed by atoms with E-state index in [1.807, 2.05) is 54.7 Å². The molecule has 0 saturated heterocycles. The fourth-order valence-corrected chi connectivity index (χ4v) is 4.00. The Morgan fingerprint density at radius 1 is 0.857 bits per heavy atom. The molecule has 0 amide bonds. The van der Waals surface area contributed by atoms with E-state index in [0.717, 1.165) is 27.9 Å². The molecule has 1 saturated carbocycles. The SMILES string of the molecule is [2H]c1nc(-c2[c-]ccc3c2oc2ccccc23)c([2H])c([2H])c1[2H].[Ir].[c-]1cc(C2CC2)ccc1-c1ccccn1. The summed E-state index contributed by atoms with van der Waals surface area (Å²) in [6.07, 6.45) is 4.17. The van der Waals surface area contributed by atoms with Gasteiger partial charge in [-0.25, -0.2) is 0 Å². The summed E-state index contributed by atoms with van der Waals surface area (Å²) in [5, 5.41) is 1.81. The minimum atomic E-state index is -0.351. The Morgan fingerprint density at radius 2 is 1.74 bits per heavy atom. The number of furan rings is 1. The van der Waals surface area contributed by atoms with Crippen molar-refractivity contribution in [3.05, 3.63) is 121 Å². The summed E-state index contributed by atoms with van der Waals surface area (Å²) in [7, 11) is 0. The summed E-state index contributed by atoms with van der Waals surface area (Å²) in [4.78, 5) is 8.31. The summed E-state index contributed by atoms with van der Waals surface area (Å²) in [6.45, 7) is 0. The van der Waals surface area contributed by atoms with E-state index >= 15 is 0 Å². The summed E-state index contributed by atoms with van der Waals surface area (Å²) in [5.74, 6) is 0.805. The van der Waals surface area contributed by atoms with Crippen LogP contribution in [0.2, 0.25) is 0 Å². The van der Waals surface area contributed by atoms with Gasteiger partial charge in [0.05, 0.1) is 11.1 Å². The molecule has 0 aliphatic heterocycles. The molecule has 0 bridgehead atoms. The van der Waals surface area contributed by atoms with Crippen LogP contribution in [0.25, 0.3) is 44.5 Å². The van der Waals surface area contributed by atoms with Crippen molar-refractivity contribution < 1.29 is 30.0 Å². The van der Waals surface area contributed by atoms with Crippen LogP contribution in [-0.4, -0.2) is 9.97 Å². The third-order valence-corrected chi connectivity index (χ3v) is 5.87. The predicted octanol–water partition coefficient (Wildman–Crippen LogP) is 7.87. The standard InChI is InChI=1S/C17H10NO.C14H12N.Ir/c1-2-10-16-12(6-1)13-7-5-8-14(17(13)19-16)15-9-3-4-11-18-15;1-2-10-15-14(3-1)13-8-6-12(7-9-13)11-4-5-11;/h1-7,9-11H;1-3,6-8,10-11H,4-5H2;/q2*-1;/i3D,4D,9D,11D;;. The Bertz CT molecular complexity index is 1770. The number of rotatable bonds is 3. The Hall–Kier alpha value is -3.59. The van der Waals surface area contributed by atoms with Gasteiger partial charge in [-0.05, 0) is 29.6 Å². The van der Waals surface area contributed by atoms with Crippen LogP contribution in [0, 0.1) is 12.1 Å². The molecule has 0 atom stereocenters. The monoisotopic (exact) mass is 635 g/mol. The second-order valence-corrected chi connectivity index (χ2v) is 8.17. The first-order chi connectivity index (χ1) is 18.5. The quantitative estimate of drug-likeness (QED) is 0.186. The van der Waals surface area contributed by atoms with Gasteiger partial charge in [-0.3, -0.25) is 0 Å². The van der Waals surface area contributed by atoms with E-state index in [9.17, 15) is 0 Å². The van der Waals surface area contributed by atoms with Gasteiger partial charge < -0.3 is 14.4 Å². The molecule has 3 nitrogen and oxygen atoms in total. The maximum absolute atomic E-state index is 8.07. The Kier molecular flexibility index (Phi) is 5.53. The van der Waals surface area contributed by atoms with Crippen molar-refractivity contribution in [1.29, 1.82) is 0 Å². The van der Waals surface area contributed by atoms with Gasteiger partial charge in [0.2, 0.25) is 0 Å². The van der Waals surface area contributed by atoms with Crippen molar-refractivity contribution in [1.82, 2.24) is 9.97 Å². The maximum atomic E-state index is 8.07. The molecule has 3 heterocycles. The molecule has 0 unspecified atom stereocenters. The zero-order chi connectivity index (χ0) is 26.2. The molecular weight excluding hydrogens is 609 g/mol. The molecule has 3 aromatic carbocycles. The van der Waals surface area contributed by atoms with Gasteiger partial charge in [-0.1, -0.05) is 72.1 Å². The second-order valence-electron chi connectivity index (χ2n) is 8.17. The number of nitrogens with zero attached hydrogens (tertiary/aromatic N) is 2. The molecule has 3 aromatic heterocycles. The number of para-hydroxylation sites is 1. The number of fused-ring (bicyclic) bond motifs is 3. The molecule has 0 spiro atoms. The van der Waals surface area contributed by atoms with Crippen molar-refractivity contribution in [3.63, 3.8) is 0 Å². The van der Waals surface area contributed by atoms with Gasteiger partial charge in [0.25, 0.3) is 0 Å². The smallest absolute Gasteiger partial charge is 0.120 e. The van der Waals surface area contributed by atoms with Gasteiger partial charge in [0.1, 0.15) is 5.58 Å². The number of hydrogen-bond donors (Lipinski definition) is 0. The van der Waals surface area contributed by atoms with Crippen LogP contribution >= 0.6 is 0 Å². The molecule has 1 fully saturated rings. The minimum Gasteiger partial charge on any atom is -0.501 e. The second kappa shape index (κ2) is 10.4. The first-order valence-corrected chi connectivity index (χ1v) is 11.2. The Balaban J connectivity index is 0.000000167. The molecule has 1 aliphatic carbocycles. The van der Waals surface area contributed by atoms with Crippen LogP contribution in [0.1, 0.15) is 29.8 Å². The summed E-state index contributed by atoms with van der Waals surface area (Å²) in [6, 6.07) is 29.0. The molecule has 6 aromatic rings. The van der Waals surface area contributed by atoms with Crippen LogP contribution in [-0.2, 0) is 20.1 Å². The molecule has 35 heavy (non-hydrogen) atoms. The van der Waals surface area contributed by atoms with Gasteiger partial charge >= 0.3 is 0 Å². The summed E-state index contributed by atoms with van der Waals surface area (Å²) in [5.41, 5.74) is 5.32. The third kappa shape index (κ3) is 4.95. The van der Waals surface area contributed by atoms with Crippen molar-refractivity contribution in [3.8, 4) is 22.5 Å². The van der Waals surface area contributed by atoms with E-state index in [-0.39, 0.29) is 50.1 Å². The number of benzene rings is 3. The summed E-state index contributed by atoms with van der Waals surface area (Å²) >= 11 is 0. The van der Waals surface area contributed by atoms with E-state index < -0.39 is 0 Å². The van der Waals surface area contributed by atoms with Crippen molar-refractivity contribution >= 4 is 21.9 Å². The molecule has 1 radical (unpaired) electrons. The van der Waals surface area contributed by atoms with Crippen LogP contribution in [0.3, 0.4) is 0 Å². The Morgan fingerprint density at radius 3 is 2.54 bits per heavy atom. The fraction of sp³-hybridized carbons (Fsp3) is 0.0968. The Labute approximate surface area is 223 Å².